The van der Waals surface area contributed by atoms with Crippen LogP contribution in [0.15, 0.2) is 54.6 Å². The van der Waals surface area contributed by atoms with E-state index in [1.807, 2.05) is 42.5 Å². The molecule has 0 saturated heterocycles. The molecule has 0 aliphatic heterocycles. The van der Waals surface area contributed by atoms with Crippen LogP contribution in [0, 0.1) is 0 Å². The van der Waals surface area contributed by atoms with Crippen molar-refractivity contribution in [3.8, 4) is 0 Å². The molecule has 0 N–H and O–H groups in total. The molecule has 2 aromatic rings. The first-order valence-corrected chi connectivity index (χ1v) is 5.88. The zero-order valence-electron chi connectivity index (χ0n) is 8.69. The SMILES string of the molecule is O=C(Br)c1ccc(Cc2ccccc2)cc1. The molecule has 1 nitrogen and oxygen atoms in total. The van der Waals surface area contributed by atoms with Crippen LogP contribution in [-0.4, -0.2) is 4.69 Å². The van der Waals surface area contributed by atoms with E-state index >= 15 is 0 Å². The van der Waals surface area contributed by atoms with Gasteiger partial charge in [0.1, 0.15) is 0 Å². The van der Waals surface area contributed by atoms with Crippen LogP contribution in [0.3, 0.4) is 0 Å². The standard InChI is InChI=1S/C14H11BrO/c15-14(16)13-8-6-12(7-9-13)10-11-4-2-1-3-5-11/h1-9H,10H2. The van der Waals surface area contributed by atoms with E-state index in [1.165, 1.54) is 11.1 Å². The maximum Gasteiger partial charge on any atom is 0.228 e. The summed E-state index contributed by atoms with van der Waals surface area (Å²) in [7, 11) is 0. The van der Waals surface area contributed by atoms with Gasteiger partial charge in [0.05, 0.1) is 0 Å². The highest BCUT2D eigenvalue weighted by Crippen LogP contribution is 2.12. The quantitative estimate of drug-likeness (QED) is 0.778. The average Bonchev–Trinajstić information content (AvgIpc) is 2.31. The summed E-state index contributed by atoms with van der Waals surface area (Å²) in [4.78, 5) is 11.0. The van der Waals surface area contributed by atoms with Gasteiger partial charge >= 0.3 is 0 Å². The molecule has 0 aliphatic carbocycles. The van der Waals surface area contributed by atoms with Crippen LogP contribution >= 0.6 is 15.9 Å². The highest BCUT2D eigenvalue weighted by atomic mass is 79.9. The molecule has 0 spiro atoms. The van der Waals surface area contributed by atoms with Gasteiger partial charge in [0.2, 0.25) is 4.69 Å². The summed E-state index contributed by atoms with van der Waals surface area (Å²) < 4.78 is -0.0706. The number of rotatable bonds is 3. The first-order chi connectivity index (χ1) is 7.75. The molecule has 0 unspecified atom stereocenters. The number of halogens is 1. The Hall–Kier alpha value is -1.41. The molecule has 0 aromatic heterocycles. The molecule has 2 heteroatoms. The molecule has 80 valence electrons. The minimum absolute atomic E-state index is 0.0706. The smallest absolute Gasteiger partial charge is 0.228 e. The number of carbonyl (C=O) groups is 1. The van der Waals surface area contributed by atoms with Gasteiger partial charge in [-0.05, 0) is 33.5 Å². The van der Waals surface area contributed by atoms with Crippen LogP contribution in [0.25, 0.3) is 0 Å². The van der Waals surface area contributed by atoms with Crippen molar-refractivity contribution in [2.24, 2.45) is 0 Å². The lowest BCUT2D eigenvalue weighted by atomic mass is 10.0. The van der Waals surface area contributed by atoms with Crippen LogP contribution in [0.5, 0.6) is 0 Å². The zero-order valence-corrected chi connectivity index (χ0v) is 10.3. The largest absolute Gasteiger partial charge is 0.281 e. The van der Waals surface area contributed by atoms with Gasteiger partial charge in [0.25, 0.3) is 0 Å². The molecular formula is C14H11BrO. The molecule has 2 aromatic carbocycles. The number of hydrogen-bond acceptors (Lipinski definition) is 1. The maximum absolute atomic E-state index is 11.0. The molecule has 0 amide bonds. The van der Waals surface area contributed by atoms with Crippen molar-refractivity contribution in [2.45, 2.75) is 6.42 Å². The fraction of sp³-hybridized carbons (Fsp3) is 0.0714. The molecule has 0 radical (unpaired) electrons. The van der Waals surface area contributed by atoms with Crippen LogP contribution < -0.4 is 0 Å². The third kappa shape index (κ3) is 2.80. The van der Waals surface area contributed by atoms with Gasteiger partial charge in [0, 0.05) is 5.56 Å². The van der Waals surface area contributed by atoms with Gasteiger partial charge in [-0.3, -0.25) is 4.79 Å². The molecule has 0 fully saturated rings. The Balaban J connectivity index is 2.14. The Bertz CT molecular complexity index is 474. The Morgan fingerprint density at radius 3 is 2.00 bits per heavy atom. The van der Waals surface area contributed by atoms with Crippen LogP contribution in [0.1, 0.15) is 21.5 Å². The lowest BCUT2D eigenvalue weighted by Crippen LogP contribution is -1.91. The van der Waals surface area contributed by atoms with Crippen molar-refractivity contribution in [1.82, 2.24) is 0 Å². The van der Waals surface area contributed by atoms with Crippen molar-refractivity contribution >= 4 is 20.6 Å². The third-order valence-electron chi connectivity index (χ3n) is 2.43. The number of carbonyl (C=O) groups excluding carboxylic acids is 1. The summed E-state index contributed by atoms with van der Waals surface area (Å²) in [6.45, 7) is 0. The van der Waals surface area contributed by atoms with Gasteiger partial charge in [-0.25, -0.2) is 0 Å². The first kappa shape index (κ1) is 11.1. The fourth-order valence-corrected chi connectivity index (χ4v) is 1.85. The zero-order chi connectivity index (χ0) is 11.4. The number of hydrogen-bond donors (Lipinski definition) is 0. The molecule has 0 aliphatic rings. The highest BCUT2D eigenvalue weighted by Gasteiger charge is 2.00. The molecular weight excluding hydrogens is 264 g/mol. The van der Waals surface area contributed by atoms with E-state index in [4.69, 9.17) is 0 Å². The summed E-state index contributed by atoms with van der Waals surface area (Å²) >= 11 is 2.93. The third-order valence-corrected chi connectivity index (χ3v) is 2.89. The van der Waals surface area contributed by atoms with Gasteiger partial charge in [-0.2, -0.15) is 0 Å². The Labute approximate surface area is 103 Å². The second-order valence-electron chi connectivity index (χ2n) is 3.63. The first-order valence-electron chi connectivity index (χ1n) is 5.08. The predicted octanol–water partition coefficient (Wildman–Crippen LogP) is 3.81. The second kappa shape index (κ2) is 5.08. The van der Waals surface area contributed by atoms with E-state index in [1.54, 1.807) is 0 Å². The predicted molar refractivity (Wildman–Crippen MR) is 68.9 cm³/mol. The summed E-state index contributed by atoms with van der Waals surface area (Å²) in [6, 6.07) is 17.9. The average molecular weight is 275 g/mol. The van der Waals surface area contributed by atoms with Gasteiger partial charge in [-0.15, -0.1) is 0 Å². The fourth-order valence-electron chi connectivity index (χ4n) is 1.59. The summed E-state index contributed by atoms with van der Waals surface area (Å²) in [5.74, 6) is 0. The van der Waals surface area contributed by atoms with E-state index < -0.39 is 0 Å². The molecule has 2 rings (SSSR count). The Morgan fingerprint density at radius 1 is 0.875 bits per heavy atom. The van der Waals surface area contributed by atoms with Crippen molar-refractivity contribution < 1.29 is 4.79 Å². The minimum Gasteiger partial charge on any atom is -0.281 e. The lowest BCUT2D eigenvalue weighted by Gasteiger charge is -2.02. The monoisotopic (exact) mass is 274 g/mol. The number of benzene rings is 2. The Kier molecular flexibility index (Phi) is 3.52. The van der Waals surface area contributed by atoms with Crippen LogP contribution in [-0.2, 0) is 6.42 Å². The van der Waals surface area contributed by atoms with E-state index in [2.05, 4.69) is 28.1 Å². The second-order valence-corrected chi connectivity index (χ2v) is 4.35. The maximum atomic E-state index is 11.0. The van der Waals surface area contributed by atoms with Crippen molar-refractivity contribution in [2.75, 3.05) is 0 Å². The minimum atomic E-state index is -0.0706. The van der Waals surface area contributed by atoms with Crippen molar-refractivity contribution in [3.05, 3.63) is 71.3 Å². The van der Waals surface area contributed by atoms with E-state index in [-0.39, 0.29) is 4.69 Å². The van der Waals surface area contributed by atoms with Gasteiger partial charge < -0.3 is 0 Å². The Morgan fingerprint density at radius 2 is 1.44 bits per heavy atom. The molecule has 0 heterocycles. The van der Waals surface area contributed by atoms with Crippen molar-refractivity contribution in [1.29, 1.82) is 0 Å². The molecule has 16 heavy (non-hydrogen) atoms. The summed E-state index contributed by atoms with van der Waals surface area (Å²) in [6.07, 6.45) is 0.900. The topological polar surface area (TPSA) is 17.1 Å². The lowest BCUT2D eigenvalue weighted by molar-refractivity contribution is 0.109. The van der Waals surface area contributed by atoms with Crippen LogP contribution in [0.2, 0.25) is 0 Å². The summed E-state index contributed by atoms with van der Waals surface area (Å²) in [5, 5.41) is 0. The van der Waals surface area contributed by atoms with E-state index in [9.17, 15) is 4.79 Å². The highest BCUT2D eigenvalue weighted by molar-refractivity contribution is 9.18. The van der Waals surface area contributed by atoms with Gasteiger partial charge in [0.15, 0.2) is 0 Å². The molecule has 0 bridgehead atoms. The van der Waals surface area contributed by atoms with Crippen LogP contribution in [0.4, 0.5) is 0 Å². The normalized spacial score (nSPS) is 10.1. The molecule has 0 atom stereocenters. The molecule has 0 saturated carbocycles. The summed E-state index contributed by atoms with van der Waals surface area (Å²) in [5.41, 5.74) is 3.18. The van der Waals surface area contributed by atoms with E-state index in [0.717, 1.165) is 6.42 Å². The van der Waals surface area contributed by atoms with E-state index in [0.29, 0.717) is 5.56 Å². The van der Waals surface area contributed by atoms with Crippen molar-refractivity contribution in [3.63, 3.8) is 0 Å². The van der Waals surface area contributed by atoms with Gasteiger partial charge in [-0.1, -0.05) is 54.6 Å².